The third-order valence-electron chi connectivity index (χ3n) is 2.80. The summed E-state index contributed by atoms with van der Waals surface area (Å²) >= 11 is 0. The smallest absolute Gasteiger partial charge is 0.338 e. The van der Waals surface area contributed by atoms with E-state index in [4.69, 9.17) is 10.4 Å². The number of hydrogen-bond acceptors (Lipinski definition) is 3. The summed E-state index contributed by atoms with van der Waals surface area (Å²) in [6.07, 6.45) is 0.190. The van der Waals surface area contributed by atoms with E-state index in [-0.39, 0.29) is 24.7 Å². The van der Waals surface area contributed by atoms with Gasteiger partial charge in [-0.3, -0.25) is 0 Å². The van der Waals surface area contributed by atoms with Gasteiger partial charge in [0.2, 0.25) is 0 Å². The molecular formula is C14H16FN3O3. The maximum atomic E-state index is 13.3. The number of anilines is 1. The third kappa shape index (κ3) is 4.45. The number of carboxylic acids is 1. The van der Waals surface area contributed by atoms with E-state index in [0.29, 0.717) is 0 Å². The number of urea groups is 1. The molecule has 1 aromatic carbocycles. The molecule has 0 spiro atoms. The second-order valence-corrected chi connectivity index (χ2v) is 4.63. The molecule has 1 rings (SSSR count). The summed E-state index contributed by atoms with van der Waals surface area (Å²) in [4.78, 5) is 24.4. The van der Waals surface area contributed by atoms with E-state index in [9.17, 15) is 14.0 Å². The molecule has 0 aliphatic rings. The standard InChI is InChI=1S/C14H16FN3O3/c1-9(2)18(7-3-6-16)14(21)17-10-4-5-12(15)11(8-10)13(19)20/h4-5,8-9H,3,7H2,1-2H3,(H,17,21)(H,19,20). The van der Waals surface area contributed by atoms with Crippen LogP contribution in [-0.4, -0.2) is 34.6 Å². The van der Waals surface area contributed by atoms with Gasteiger partial charge in [0.25, 0.3) is 0 Å². The summed E-state index contributed by atoms with van der Waals surface area (Å²) in [7, 11) is 0. The third-order valence-corrected chi connectivity index (χ3v) is 2.80. The van der Waals surface area contributed by atoms with Gasteiger partial charge in [-0.25, -0.2) is 14.0 Å². The molecule has 2 N–H and O–H groups in total. The minimum atomic E-state index is -1.41. The maximum Gasteiger partial charge on any atom is 0.338 e. The van der Waals surface area contributed by atoms with E-state index in [2.05, 4.69) is 5.32 Å². The van der Waals surface area contributed by atoms with Crippen molar-refractivity contribution in [3.63, 3.8) is 0 Å². The average Bonchev–Trinajstić information content (AvgIpc) is 2.40. The second-order valence-electron chi connectivity index (χ2n) is 4.63. The first-order chi connectivity index (χ1) is 9.86. The molecule has 21 heavy (non-hydrogen) atoms. The van der Waals surface area contributed by atoms with Gasteiger partial charge in [-0.1, -0.05) is 0 Å². The highest BCUT2D eigenvalue weighted by Gasteiger charge is 2.18. The zero-order valence-electron chi connectivity index (χ0n) is 11.8. The van der Waals surface area contributed by atoms with Crippen molar-refractivity contribution in [1.82, 2.24) is 4.90 Å². The molecule has 0 unspecified atom stereocenters. The van der Waals surface area contributed by atoms with Crippen molar-refractivity contribution in [2.75, 3.05) is 11.9 Å². The zero-order chi connectivity index (χ0) is 16.0. The van der Waals surface area contributed by atoms with Crippen LogP contribution in [0, 0.1) is 17.1 Å². The van der Waals surface area contributed by atoms with Crippen LogP contribution in [0.5, 0.6) is 0 Å². The number of rotatable bonds is 5. The topological polar surface area (TPSA) is 93.4 Å². The van der Waals surface area contributed by atoms with Crippen molar-refractivity contribution in [3.8, 4) is 6.07 Å². The molecule has 0 aromatic heterocycles. The fourth-order valence-corrected chi connectivity index (χ4v) is 1.73. The van der Waals surface area contributed by atoms with Crippen LogP contribution in [0.3, 0.4) is 0 Å². The monoisotopic (exact) mass is 293 g/mol. The minimum Gasteiger partial charge on any atom is -0.478 e. The van der Waals surface area contributed by atoms with Gasteiger partial charge < -0.3 is 15.3 Å². The molecule has 0 aliphatic heterocycles. The van der Waals surface area contributed by atoms with Crippen molar-refractivity contribution in [2.24, 2.45) is 0 Å². The van der Waals surface area contributed by atoms with Gasteiger partial charge in [-0.2, -0.15) is 5.26 Å². The molecule has 0 atom stereocenters. The number of amides is 2. The zero-order valence-corrected chi connectivity index (χ0v) is 11.8. The number of halogens is 1. The second kappa shape index (κ2) is 7.24. The molecule has 0 saturated heterocycles. The lowest BCUT2D eigenvalue weighted by Gasteiger charge is -2.26. The van der Waals surface area contributed by atoms with Gasteiger partial charge in [0, 0.05) is 18.3 Å². The Morgan fingerprint density at radius 2 is 2.14 bits per heavy atom. The average molecular weight is 293 g/mol. The Morgan fingerprint density at radius 1 is 1.48 bits per heavy atom. The minimum absolute atomic E-state index is 0.127. The fraction of sp³-hybridized carbons (Fsp3) is 0.357. The summed E-state index contributed by atoms with van der Waals surface area (Å²) in [5.41, 5.74) is -0.331. The lowest BCUT2D eigenvalue weighted by molar-refractivity contribution is 0.0692. The highest BCUT2D eigenvalue weighted by molar-refractivity contribution is 5.93. The molecule has 0 saturated carbocycles. The highest BCUT2D eigenvalue weighted by atomic mass is 19.1. The Balaban J connectivity index is 2.89. The molecule has 0 fully saturated rings. The van der Waals surface area contributed by atoms with E-state index in [1.165, 1.54) is 11.0 Å². The Labute approximate surface area is 121 Å². The Bertz CT molecular complexity index is 581. The van der Waals surface area contributed by atoms with Gasteiger partial charge in [-0.15, -0.1) is 0 Å². The van der Waals surface area contributed by atoms with Gasteiger partial charge in [-0.05, 0) is 32.0 Å². The van der Waals surface area contributed by atoms with Crippen molar-refractivity contribution < 1.29 is 19.1 Å². The molecule has 0 bridgehead atoms. The molecule has 1 aromatic rings. The summed E-state index contributed by atoms with van der Waals surface area (Å²) < 4.78 is 13.3. The molecule has 0 heterocycles. The van der Waals surface area contributed by atoms with Crippen molar-refractivity contribution >= 4 is 17.7 Å². The van der Waals surface area contributed by atoms with Gasteiger partial charge in [0.15, 0.2) is 0 Å². The first kappa shape index (κ1) is 16.4. The number of nitriles is 1. The van der Waals surface area contributed by atoms with Gasteiger partial charge >= 0.3 is 12.0 Å². The van der Waals surface area contributed by atoms with Crippen molar-refractivity contribution in [1.29, 1.82) is 5.26 Å². The molecule has 2 amide bonds. The number of aromatic carboxylic acids is 1. The Kier molecular flexibility index (Phi) is 5.67. The van der Waals surface area contributed by atoms with Crippen LogP contribution in [-0.2, 0) is 0 Å². The lowest BCUT2D eigenvalue weighted by atomic mass is 10.2. The van der Waals surface area contributed by atoms with Crippen LogP contribution in [0.4, 0.5) is 14.9 Å². The van der Waals surface area contributed by atoms with E-state index in [0.717, 1.165) is 12.1 Å². The molecule has 0 radical (unpaired) electrons. The van der Waals surface area contributed by atoms with E-state index < -0.39 is 23.4 Å². The number of benzene rings is 1. The molecule has 6 nitrogen and oxygen atoms in total. The normalized spacial score (nSPS) is 10.0. The fourth-order valence-electron chi connectivity index (χ4n) is 1.73. The molecule has 7 heteroatoms. The van der Waals surface area contributed by atoms with E-state index in [1.807, 2.05) is 6.07 Å². The van der Waals surface area contributed by atoms with Crippen molar-refractivity contribution in [2.45, 2.75) is 26.3 Å². The predicted octanol–water partition coefficient (Wildman–Crippen LogP) is 2.68. The van der Waals surface area contributed by atoms with Crippen LogP contribution < -0.4 is 5.32 Å². The number of hydrogen-bond donors (Lipinski definition) is 2. The van der Waals surface area contributed by atoms with Crippen LogP contribution in [0.1, 0.15) is 30.6 Å². The van der Waals surface area contributed by atoms with Gasteiger partial charge in [0.1, 0.15) is 5.82 Å². The summed E-state index contributed by atoms with van der Waals surface area (Å²) in [6.45, 7) is 3.85. The lowest BCUT2D eigenvalue weighted by Crippen LogP contribution is -2.40. The quantitative estimate of drug-likeness (QED) is 0.872. The van der Waals surface area contributed by atoms with Crippen LogP contribution in [0.25, 0.3) is 0 Å². The highest BCUT2D eigenvalue weighted by Crippen LogP contribution is 2.16. The summed E-state index contributed by atoms with van der Waals surface area (Å²) in [5.74, 6) is -2.28. The number of nitrogens with one attached hydrogen (secondary N) is 1. The molecule has 112 valence electrons. The van der Waals surface area contributed by atoms with E-state index in [1.54, 1.807) is 13.8 Å². The maximum absolute atomic E-state index is 13.3. The summed E-state index contributed by atoms with van der Waals surface area (Å²) in [5, 5.41) is 19.9. The molecule has 0 aliphatic carbocycles. The van der Waals surface area contributed by atoms with Crippen LogP contribution in [0.2, 0.25) is 0 Å². The Hall–Kier alpha value is -2.62. The predicted molar refractivity (Wildman–Crippen MR) is 74.5 cm³/mol. The number of carbonyl (C=O) groups excluding carboxylic acids is 1. The SMILES string of the molecule is CC(C)N(CCC#N)C(=O)Nc1ccc(F)c(C(=O)O)c1. The number of nitrogens with zero attached hydrogens (tertiary/aromatic N) is 2. The van der Waals surface area contributed by atoms with Crippen LogP contribution in [0.15, 0.2) is 18.2 Å². The van der Waals surface area contributed by atoms with Crippen LogP contribution >= 0.6 is 0 Å². The first-order valence-electron chi connectivity index (χ1n) is 6.34. The van der Waals surface area contributed by atoms with Crippen molar-refractivity contribution in [3.05, 3.63) is 29.6 Å². The number of carboxylic acid groups (broad SMARTS) is 1. The number of carbonyl (C=O) groups is 2. The summed E-state index contributed by atoms with van der Waals surface area (Å²) in [6, 6.07) is 4.67. The first-order valence-corrected chi connectivity index (χ1v) is 6.34. The molecular weight excluding hydrogens is 277 g/mol. The Morgan fingerprint density at radius 3 is 2.67 bits per heavy atom. The largest absolute Gasteiger partial charge is 0.478 e. The van der Waals surface area contributed by atoms with Gasteiger partial charge in [0.05, 0.1) is 18.1 Å². The van der Waals surface area contributed by atoms with E-state index >= 15 is 0 Å².